The summed E-state index contributed by atoms with van der Waals surface area (Å²) < 4.78 is 2.16. The molecule has 1 N–H and O–H groups in total. The number of H-pyrrole nitrogens is 1. The van der Waals surface area contributed by atoms with Crippen molar-refractivity contribution < 1.29 is 0 Å². The van der Waals surface area contributed by atoms with Crippen molar-refractivity contribution in [2.45, 2.75) is 13.5 Å². The minimum absolute atomic E-state index is 0.0828. The molecule has 3 heteroatoms. The molecule has 0 aliphatic rings. The third-order valence-electron chi connectivity index (χ3n) is 4.22. The second-order valence-corrected chi connectivity index (χ2v) is 5.42. The first-order chi connectivity index (χ1) is 10.8. The number of benzene rings is 2. The molecule has 0 atom stereocenters. The number of aromatic amines is 1. The van der Waals surface area contributed by atoms with Gasteiger partial charge in [0.15, 0.2) is 5.43 Å². The molecule has 0 aliphatic heterocycles. The first-order valence-electron chi connectivity index (χ1n) is 7.48. The van der Waals surface area contributed by atoms with Gasteiger partial charge in [0.1, 0.15) is 0 Å². The maximum Gasteiger partial charge on any atom is 0.197 e. The maximum atomic E-state index is 13.0. The Kier molecular flexibility index (Phi) is 2.86. The van der Waals surface area contributed by atoms with Gasteiger partial charge in [0.25, 0.3) is 0 Å². The zero-order chi connectivity index (χ0) is 15.1. The zero-order valence-corrected chi connectivity index (χ0v) is 12.3. The van der Waals surface area contributed by atoms with Crippen molar-refractivity contribution in [1.29, 1.82) is 0 Å². The van der Waals surface area contributed by atoms with Gasteiger partial charge in [-0.3, -0.25) is 4.79 Å². The monoisotopic (exact) mass is 288 g/mol. The molecule has 2 aromatic heterocycles. The molecule has 0 bridgehead atoms. The highest BCUT2D eigenvalue weighted by Gasteiger charge is 2.11. The lowest BCUT2D eigenvalue weighted by molar-refractivity contribution is 0.798. The fraction of sp³-hybridized carbons (Fsp3) is 0.105. The molecule has 4 rings (SSSR count). The summed E-state index contributed by atoms with van der Waals surface area (Å²) in [6.45, 7) is 3.00. The number of fused-ring (bicyclic) bond motifs is 3. The molecule has 3 nitrogen and oxygen atoms in total. The van der Waals surface area contributed by atoms with Crippen molar-refractivity contribution >= 4 is 21.8 Å². The summed E-state index contributed by atoms with van der Waals surface area (Å²) in [5.41, 5.74) is 3.72. The average Bonchev–Trinajstić information content (AvgIpc) is 2.99. The molecule has 0 fully saturated rings. The van der Waals surface area contributed by atoms with Crippen LogP contribution < -0.4 is 5.43 Å². The van der Waals surface area contributed by atoms with Crippen LogP contribution >= 0.6 is 0 Å². The molecular formula is C19H16N2O. The molecule has 22 heavy (non-hydrogen) atoms. The van der Waals surface area contributed by atoms with Gasteiger partial charge in [-0.2, -0.15) is 0 Å². The highest BCUT2D eigenvalue weighted by atomic mass is 16.1. The SMILES string of the molecule is CCn1ccc2c3c(=O)c(-c4ccccc4)c[nH]c3ccc21. The number of nitrogens with zero attached hydrogens (tertiary/aromatic N) is 1. The number of pyridine rings is 1. The molecule has 0 radical (unpaired) electrons. The van der Waals surface area contributed by atoms with Crippen LogP contribution in [0.25, 0.3) is 32.9 Å². The lowest BCUT2D eigenvalue weighted by Gasteiger charge is -2.06. The summed E-state index contributed by atoms with van der Waals surface area (Å²) in [4.78, 5) is 16.3. The van der Waals surface area contributed by atoms with Crippen molar-refractivity contribution in [2.24, 2.45) is 0 Å². The lowest BCUT2D eigenvalue weighted by Crippen LogP contribution is -2.06. The predicted octanol–water partition coefficient (Wildman–Crippen LogP) is 4.17. The van der Waals surface area contributed by atoms with Crippen molar-refractivity contribution in [3.05, 3.63) is 71.1 Å². The Morgan fingerprint density at radius 2 is 1.86 bits per heavy atom. The Bertz CT molecular complexity index is 1030. The Morgan fingerprint density at radius 1 is 1.05 bits per heavy atom. The Morgan fingerprint density at radius 3 is 2.64 bits per heavy atom. The van der Waals surface area contributed by atoms with Gasteiger partial charge in [-0.1, -0.05) is 30.3 Å². The topological polar surface area (TPSA) is 37.8 Å². The van der Waals surface area contributed by atoms with Gasteiger partial charge in [0.2, 0.25) is 0 Å². The van der Waals surface area contributed by atoms with Crippen LogP contribution in [-0.4, -0.2) is 9.55 Å². The van der Waals surface area contributed by atoms with Gasteiger partial charge >= 0.3 is 0 Å². The lowest BCUT2D eigenvalue weighted by atomic mass is 10.0. The first-order valence-corrected chi connectivity index (χ1v) is 7.48. The Hall–Kier alpha value is -2.81. The van der Waals surface area contributed by atoms with E-state index < -0.39 is 0 Å². The predicted molar refractivity (Wildman–Crippen MR) is 91.2 cm³/mol. The minimum Gasteiger partial charge on any atom is -0.360 e. The summed E-state index contributed by atoms with van der Waals surface area (Å²) in [5.74, 6) is 0. The van der Waals surface area contributed by atoms with Crippen molar-refractivity contribution in [2.75, 3.05) is 0 Å². The van der Waals surface area contributed by atoms with Crippen LogP contribution in [0, 0.1) is 0 Å². The third-order valence-corrected chi connectivity index (χ3v) is 4.22. The summed E-state index contributed by atoms with van der Waals surface area (Å²) >= 11 is 0. The van der Waals surface area contributed by atoms with Gasteiger partial charge in [-0.15, -0.1) is 0 Å². The molecule has 0 amide bonds. The van der Waals surface area contributed by atoms with Crippen LogP contribution in [0.3, 0.4) is 0 Å². The number of hydrogen-bond donors (Lipinski definition) is 1. The van der Waals surface area contributed by atoms with E-state index in [1.165, 1.54) is 0 Å². The molecule has 4 aromatic rings. The van der Waals surface area contributed by atoms with E-state index in [0.29, 0.717) is 5.56 Å². The molecular weight excluding hydrogens is 272 g/mol. The van der Waals surface area contributed by atoms with Gasteiger partial charge < -0.3 is 9.55 Å². The molecule has 2 aromatic carbocycles. The van der Waals surface area contributed by atoms with E-state index in [4.69, 9.17) is 0 Å². The van der Waals surface area contributed by atoms with Gasteiger partial charge in [0.05, 0.1) is 10.9 Å². The molecule has 108 valence electrons. The third kappa shape index (κ3) is 1.79. The molecule has 0 saturated heterocycles. The Labute approximate surface area is 127 Å². The highest BCUT2D eigenvalue weighted by Crippen LogP contribution is 2.25. The normalized spacial score (nSPS) is 11.3. The molecule has 0 unspecified atom stereocenters. The van der Waals surface area contributed by atoms with Crippen molar-refractivity contribution in [3.63, 3.8) is 0 Å². The number of hydrogen-bond acceptors (Lipinski definition) is 1. The highest BCUT2D eigenvalue weighted by molar-refractivity contribution is 6.06. The van der Waals surface area contributed by atoms with E-state index in [2.05, 4.69) is 22.5 Å². The fourth-order valence-corrected chi connectivity index (χ4v) is 3.10. The van der Waals surface area contributed by atoms with Gasteiger partial charge in [-0.25, -0.2) is 0 Å². The molecule has 0 saturated carbocycles. The molecule has 0 spiro atoms. The second kappa shape index (κ2) is 4.88. The standard InChI is InChI=1S/C19H16N2O/c1-2-21-11-10-14-17(21)9-8-16-18(14)19(22)15(12-20-16)13-6-4-3-5-7-13/h3-12H,2H2,1H3,(H,20,22). The summed E-state index contributed by atoms with van der Waals surface area (Å²) in [6.07, 6.45) is 3.85. The zero-order valence-electron chi connectivity index (χ0n) is 12.3. The van der Waals surface area contributed by atoms with Crippen LogP contribution in [-0.2, 0) is 6.54 Å². The van der Waals surface area contributed by atoms with Crippen LogP contribution in [0.1, 0.15) is 6.92 Å². The van der Waals surface area contributed by atoms with Crippen LogP contribution in [0.15, 0.2) is 65.7 Å². The summed E-state index contributed by atoms with van der Waals surface area (Å²) in [7, 11) is 0. The van der Waals surface area contributed by atoms with Gasteiger partial charge in [-0.05, 0) is 30.7 Å². The van der Waals surface area contributed by atoms with E-state index >= 15 is 0 Å². The van der Waals surface area contributed by atoms with Crippen LogP contribution in [0.5, 0.6) is 0 Å². The maximum absolute atomic E-state index is 13.0. The minimum atomic E-state index is 0.0828. The van der Waals surface area contributed by atoms with Crippen LogP contribution in [0.2, 0.25) is 0 Å². The van der Waals surface area contributed by atoms with E-state index in [1.807, 2.05) is 54.9 Å². The average molecular weight is 288 g/mol. The van der Waals surface area contributed by atoms with E-state index in [9.17, 15) is 4.79 Å². The first kappa shape index (κ1) is 12.9. The smallest absolute Gasteiger partial charge is 0.197 e. The Balaban J connectivity index is 2.11. The van der Waals surface area contributed by atoms with E-state index in [1.54, 1.807) is 0 Å². The van der Waals surface area contributed by atoms with Crippen molar-refractivity contribution in [3.8, 4) is 11.1 Å². The van der Waals surface area contributed by atoms with Gasteiger partial charge in [0, 0.05) is 35.4 Å². The number of aromatic nitrogens is 2. The second-order valence-electron chi connectivity index (χ2n) is 5.42. The van der Waals surface area contributed by atoms with Crippen LogP contribution in [0.4, 0.5) is 0 Å². The number of aryl methyl sites for hydroxylation is 1. The molecule has 0 aliphatic carbocycles. The van der Waals surface area contributed by atoms with Crippen molar-refractivity contribution in [1.82, 2.24) is 9.55 Å². The largest absolute Gasteiger partial charge is 0.360 e. The summed E-state index contributed by atoms with van der Waals surface area (Å²) in [6, 6.07) is 15.9. The number of nitrogens with one attached hydrogen (secondary N) is 1. The fourth-order valence-electron chi connectivity index (χ4n) is 3.10. The summed E-state index contributed by atoms with van der Waals surface area (Å²) in [5, 5.41) is 1.78. The van der Waals surface area contributed by atoms with E-state index in [-0.39, 0.29) is 5.43 Å². The number of rotatable bonds is 2. The quantitative estimate of drug-likeness (QED) is 0.590. The van der Waals surface area contributed by atoms with E-state index in [0.717, 1.165) is 33.9 Å². The molecule has 2 heterocycles.